The van der Waals surface area contributed by atoms with Crippen LogP contribution in [0.2, 0.25) is 0 Å². The summed E-state index contributed by atoms with van der Waals surface area (Å²) in [6, 6.07) is 6.95. The van der Waals surface area contributed by atoms with Crippen LogP contribution < -0.4 is 10.6 Å². The van der Waals surface area contributed by atoms with Gasteiger partial charge >= 0.3 is 6.03 Å². The van der Waals surface area contributed by atoms with Gasteiger partial charge in [0.2, 0.25) is 5.89 Å². The second kappa shape index (κ2) is 6.90. The number of rotatable bonds is 5. The maximum Gasteiger partial charge on any atom is 0.319 e. The van der Waals surface area contributed by atoms with Crippen LogP contribution in [0.4, 0.5) is 10.5 Å². The molecule has 1 atom stereocenters. The minimum atomic E-state index is -0.429. The number of benzene rings is 1. The first-order valence-electron chi connectivity index (χ1n) is 6.80. The Bertz CT molecular complexity index is 608. The van der Waals surface area contributed by atoms with Crippen molar-refractivity contribution >= 4 is 11.7 Å². The van der Waals surface area contributed by atoms with Crippen molar-refractivity contribution in [1.82, 2.24) is 10.3 Å². The second-order valence-corrected chi connectivity index (χ2v) is 4.89. The fraction of sp³-hybridized carbons (Fsp3) is 0.333. The van der Waals surface area contributed by atoms with E-state index >= 15 is 0 Å². The molecule has 0 aliphatic heterocycles. The van der Waals surface area contributed by atoms with E-state index in [1.54, 1.807) is 25.3 Å². The van der Waals surface area contributed by atoms with Crippen LogP contribution >= 0.6 is 0 Å². The quantitative estimate of drug-likeness (QED) is 0.789. The molecule has 6 heteroatoms. The van der Waals surface area contributed by atoms with Gasteiger partial charge in [-0.3, -0.25) is 0 Å². The fourth-order valence-corrected chi connectivity index (χ4v) is 1.79. The number of oxazole rings is 1. The van der Waals surface area contributed by atoms with Gasteiger partial charge in [0.05, 0.1) is 11.8 Å². The van der Waals surface area contributed by atoms with Crippen molar-refractivity contribution in [3.05, 3.63) is 36.2 Å². The molecule has 0 aliphatic rings. The van der Waals surface area contributed by atoms with Crippen LogP contribution in [0.15, 0.2) is 34.9 Å². The van der Waals surface area contributed by atoms with Crippen molar-refractivity contribution in [3.63, 3.8) is 0 Å². The molecule has 0 fully saturated rings. The Morgan fingerprint density at radius 3 is 2.95 bits per heavy atom. The molecule has 0 saturated heterocycles. The van der Waals surface area contributed by atoms with Gasteiger partial charge in [-0.2, -0.15) is 0 Å². The Balaban J connectivity index is 1.96. The van der Waals surface area contributed by atoms with E-state index in [4.69, 9.17) is 9.52 Å². The standard InChI is InChI=1S/C15H19N3O3/c1-10-9-21-14(17-10)12-4-3-5-13(8-12)18-15(20)16-7-6-11(2)19/h3-5,8-9,11,19H,6-7H2,1-2H3,(H2,16,18,20). The van der Waals surface area contributed by atoms with Crippen molar-refractivity contribution in [2.75, 3.05) is 11.9 Å². The van der Waals surface area contributed by atoms with Crippen molar-refractivity contribution in [2.45, 2.75) is 26.4 Å². The predicted molar refractivity (Wildman–Crippen MR) is 80.0 cm³/mol. The molecule has 1 unspecified atom stereocenters. The summed E-state index contributed by atoms with van der Waals surface area (Å²) in [6.45, 7) is 3.95. The predicted octanol–water partition coefficient (Wildman–Crippen LogP) is 2.54. The lowest BCUT2D eigenvalue weighted by atomic mass is 10.2. The number of carbonyl (C=O) groups is 1. The van der Waals surface area contributed by atoms with Gasteiger partial charge in [-0.05, 0) is 38.5 Å². The molecule has 1 heterocycles. The summed E-state index contributed by atoms with van der Waals surface area (Å²) >= 11 is 0. The monoisotopic (exact) mass is 289 g/mol. The highest BCUT2D eigenvalue weighted by Gasteiger charge is 2.07. The number of urea groups is 1. The summed E-state index contributed by atoms with van der Waals surface area (Å²) in [5.74, 6) is 0.519. The average Bonchev–Trinajstić information content (AvgIpc) is 2.85. The zero-order valence-electron chi connectivity index (χ0n) is 12.1. The molecule has 0 saturated carbocycles. The van der Waals surface area contributed by atoms with E-state index in [1.807, 2.05) is 19.1 Å². The molecule has 0 aliphatic carbocycles. The van der Waals surface area contributed by atoms with Crippen LogP contribution in [-0.4, -0.2) is 28.8 Å². The Hall–Kier alpha value is -2.34. The Morgan fingerprint density at radius 2 is 2.29 bits per heavy atom. The van der Waals surface area contributed by atoms with Gasteiger partial charge in [0.1, 0.15) is 6.26 Å². The summed E-state index contributed by atoms with van der Waals surface area (Å²) in [6.07, 6.45) is 1.67. The number of hydrogen-bond donors (Lipinski definition) is 3. The maximum atomic E-state index is 11.7. The normalized spacial score (nSPS) is 12.0. The molecule has 1 aromatic carbocycles. The summed E-state index contributed by atoms with van der Waals surface area (Å²) in [5.41, 5.74) is 2.25. The molecule has 2 aromatic rings. The topological polar surface area (TPSA) is 87.4 Å². The van der Waals surface area contributed by atoms with Gasteiger partial charge in [-0.15, -0.1) is 0 Å². The van der Waals surface area contributed by atoms with E-state index in [-0.39, 0.29) is 6.03 Å². The maximum absolute atomic E-state index is 11.7. The van der Waals surface area contributed by atoms with Crippen LogP contribution in [0.25, 0.3) is 11.5 Å². The summed E-state index contributed by atoms with van der Waals surface area (Å²) in [5, 5.41) is 14.5. The molecule has 1 aromatic heterocycles. The smallest absolute Gasteiger partial charge is 0.319 e. The van der Waals surface area contributed by atoms with Gasteiger partial charge in [0, 0.05) is 17.8 Å². The number of aryl methyl sites for hydroxylation is 1. The highest BCUT2D eigenvalue weighted by molar-refractivity contribution is 5.89. The number of nitrogens with zero attached hydrogens (tertiary/aromatic N) is 1. The van der Waals surface area contributed by atoms with Gasteiger partial charge in [-0.25, -0.2) is 9.78 Å². The van der Waals surface area contributed by atoms with Gasteiger partial charge in [0.15, 0.2) is 0 Å². The van der Waals surface area contributed by atoms with Gasteiger partial charge in [-0.1, -0.05) is 6.07 Å². The zero-order valence-corrected chi connectivity index (χ0v) is 12.1. The number of nitrogens with one attached hydrogen (secondary N) is 2. The number of hydrogen-bond acceptors (Lipinski definition) is 4. The van der Waals surface area contributed by atoms with E-state index in [0.717, 1.165) is 11.3 Å². The zero-order chi connectivity index (χ0) is 15.2. The summed E-state index contributed by atoms with van der Waals surface area (Å²) in [7, 11) is 0. The SMILES string of the molecule is Cc1coc(-c2cccc(NC(=O)NCCC(C)O)c2)n1. The lowest BCUT2D eigenvalue weighted by Crippen LogP contribution is -2.30. The first kappa shape index (κ1) is 15.1. The Kier molecular flexibility index (Phi) is 4.94. The van der Waals surface area contributed by atoms with Gasteiger partial charge in [0.25, 0.3) is 0 Å². The molecule has 112 valence electrons. The van der Waals surface area contributed by atoms with Crippen molar-refractivity contribution in [3.8, 4) is 11.5 Å². The van der Waals surface area contributed by atoms with Crippen LogP contribution in [0.1, 0.15) is 19.0 Å². The van der Waals surface area contributed by atoms with E-state index in [1.165, 1.54) is 0 Å². The van der Waals surface area contributed by atoms with Crippen LogP contribution in [-0.2, 0) is 0 Å². The van der Waals surface area contributed by atoms with Crippen molar-refractivity contribution in [1.29, 1.82) is 0 Å². The molecule has 2 amide bonds. The Morgan fingerprint density at radius 1 is 1.48 bits per heavy atom. The first-order valence-corrected chi connectivity index (χ1v) is 6.80. The van der Waals surface area contributed by atoms with E-state index in [9.17, 15) is 4.79 Å². The van der Waals surface area contributed by atoms with E-state index in [0.29, 0.717) is 24.5 Å². The third-order valence-electron chi connectivity index (χ3n) is 2.83. The molecule has 0 spiro atoms. The summed E-state index contributed by atoms with van der Waals surface area (Å²) < 4.78 is 5.33. The third-order valence-corrected chi connectivity index (χ3v) is 2.83. The fourth-order valence-electron chi connectivity index (χ4n) is 1.79. The van der Waals surface area contributed by atoms with E-state index in [2.05, 4.69) is 15.6 Å². The molecule has 6 nitrogen and oxygen atoms in total. The average molecular weight is 289 g/mol. The molecule has 2 rings (SSSR count). The third kappa shape index (κ3) is 4.61. The number of amides is 2. The largest absolute Gasteiger partial charge is 0.444 e. The highest BCUT2D eigenvalue weighted by atomic mass is 16.3. The van der Waals surface area contributed by atoms with Crippen molar-refractivity contribution < 1.29 is 14.3 Å². The first-order chi connectivity index (χ1) is 10.0. The number of anilines is 1. The molecular formula is C15H19N3O3. The van der Waals surface area contributed by atoms with Crippen LogP contribution in [0, 0.1) is 6.92 Å². The lowest BCUT2D eigenvalue weighted by molar-refractivity contribution is 0.184. The second-order valence-electron chi connectivity index (χ2n) is 4.89. The van der Waals surface area contributed by atoms with Crippen LogP contribution in [0.5, 0.6) is 0 Å². The molecular weight excluding hydrogens is 270 g/mol. The van der Waals surface area contributed by atoms with Crippen LogP contribution in [0.3, 0.4) is 0 Å². The Labute approximate surface area is 123 Å². The van der Waals surface area contributed by atoms with Crippen molar-refractivity contribution in [2.24, 2.45) is 0 Å². The van der Waals surface area contributed by atoms with E-state index < -0.39 is 6.10 Å². The van der Waals surface area contributed by atoms with Gasteiger partial charge < -0.3 is 20.2 Å². The minimum Gasteiger partial charge on any atom is -0.444 e. The number of aliphatic hydroxyl groups is 1. The molecule has 3 N–H and O–H groups in total. The molecule has 21 heavy (non-hydrogen) atoms. The summed E-state index contributed by atoms with van der Waals surface area (Å²) in [4.78, 5) is 16.0. The lowest BCUT2D eigenvalue weighted by Gasteiger charge is -2.09. The molecule has 0 bridgehead atoms. The minimum absolute atomic E-state index is 0.309. The number of carbonyl (C=O) groups excluding carboxylic acids is 1. The number of aliphatic hydroxyl groups excluding tert-OH is 1. The number of aromatic nitrogens is 1. The highest BCUT2D eigenvalue weighted by Crippen LogP contribution is 2.21. The molecule has 0 radical (unpaired) electrons.